The molecule has 20 heavy (non-hydrogen) atoms. The van der Waals surface area contributed by atoms with E-state index in [4.69, 9.17) is 14.2 Å². The highest BCUT2D eigenvalue weighted by Crippen LogP contribution is 2.36. The second-order valence-corrected chi connectivity index (χ2v) is 5.90. The first kappa shape index (κ1) is 15.7. The van der Waals surface area contributed by atoms with E-state index >= 15 is 0 Å². The van der Waals surface area contributed by atoms with Crippen LogP contribution in [0.25, 0.3) is 0 Å². The summed E-state index contributed by atoms with van der Waals surface area (Å²) in [4.78, 5) is 4.72. The van der Waals surface area contributed by atoms with Crippen molar-refractivity contribution in [1.82, 2.24) is 15.5 Å². The summed E-state index contributed by atoms with van der Waals surface area (Å²) in [5, 5.41) is 7.62. The summed E-state index contributed by atoms with van der Waals surface area (Å²) in [6.45, 7) is 2.65. The molecule has 1 aliphatic carbocycles. The molecule has 0 amide bonds. The Bertz CT molecular complexity index is 407. The largest absolute Gasteiger partial charge is 0.384 e. The molecule has 0 aromatic carbocycles. The Morgan fingerprint density at radius 1 is 1.30 bits per heavy atom. The first-order valence-corrected chi connectivity index (χ1v) is 7.38. The number of methoxy groups -OCH3 is 1. The Morgan fingerprint density at radius 2 is 2.00 bits per heavy atom. The minimum Gasteiger partial charge on any atom is -0.384 e. The molecule has 1 aromatic rings. The molecule has 3 rings (SSSR count). The van der Waals surface area contributed by atoms with Crippen LogP contribution in [-0.2, 0) is 10.2 Å². The Balaban J connectivity index is 0.00000147. The molecule has 114 valence electrons. The van der Waals surface area contributed by atoms with Gasteiger partial charge in [0, 0.05) is 13.0 Å². The number of piperidine rings is 1. The lowest BCUT2D eigenvalue weighted by atomic mass is 9.79. The molecular formula is C14H24ClN3O2. The molecule has 1 N–H and O–H groups in total. The standard InChI is InChI=1S/C14H23N3O2.ClH/c1-18-10-14(6-8-15-9-7-14)13-16-12(17-19-13)11-4-2-3-5-11;/h11,15H,2-10H2,1H3;1H. The zero-order chi connectivity index (χ0) is 13.1. The summed E-state index contributed by atoms with van der Waals surface area (Å²) in [7, 11) is 1.75. The van der Waals surface area contributed by atoms with E-state index in [0.29, 0.717) is 12.5 Å². The summed E-state index contributed by atoms with van der Waals surface area (Å²) in [5.74, 6) is 2.22. The van der Waals surface area contributed by atoms with Crippen LogP contribution in [0.15, 0.2) is 4.52 Å². The second kappa shape index (κ2) is 6.87. The van der Waals surface area contributed by atoms with Gasteiger partial charge in [-0.2, -0.15) is 4.98 Å². The van der Waals surface area contributed by atoms with Crippen molar-refractivity contribution < 1.29 is 9.26 Å². The minimum atomic E-state index is -0.0795. The van der Waals surface area contributed by atoms with Gasteiger partial charge in [-0.1, -0.05) is 18.0 Å². The van der Waals surface area contributed by atoms with Crippen molar-refractivity contribution in [3.8, 4) is 0 Å². The summed E-state index contributed by atoms with van der Waals surface area (Å²) in [6.07, 6.45) is 7.01. The molecule has 1 aliphatic heterocycles. The number of rotatable bonds is 4. The number of ether oxygens (including phenoxy) is 1. The van der Waals surface area contributed by atoms with E-state index in [-0.39, 0.29) is 17.8 Å². The molecule has 6 heteroatoms. The molecule has 0 spiro atoms. The van der Waals surface area contributed by atoms with Gasteiger partial charge in [0.2, 0.25) is 5.89 Å². The Morgan fingerprint density at radius 3 is 2.65 bits per heavy atom. The molecule has 0 radical (unpaired) electrons. The number of halogens is 1. The van der Waals surface area contributed by atoms with Gasteiger partial charge in [0.1, 0.15) is 0 Å². The number of hydrogen-bond acceptors (Lipinski definition) is 5. The van der Waals surface area contributed by atoms with Crippen molar-refractivity contribution in [2.24, 2.45) is 0 Å². The SMILES string of the molecule is COCC1(c2nc(C3CCCC3)no2)CCNCC1.Cl. The fourth-order valence-electron chi connectivity index (χ4n) is 3.40. The maximum absolute atomic E-state index is 5.60. The van der Waals surface area contributed by atoms with Gasteiger partial charge in [0.05, 0.1) is 12.0 Å². The van der Waals surface area contributed by atoms with Gasteiger partial charge in [0.25, 0.3) is 0 Å². The minimum absolute atomic E-state index is 0. The highest BCUT2D eigenvalue weighted by molar-refractivity contribution is 5.85. The summed E-state index contributed by atoms with van der Waals surface area (Å²) in [6, 6.07) is 0. The Labute approximate surface area is 126 Å². The van der Waals surface area contributed by atoms with Crippen LogP contribution in [0.5, 0.6) is 0 Å². The molecule has 1 aromatic heterocycles. The van der Waals surface area contributed by atoms with Crippen LogP contribution in [0.3, 0.4) is 0 Å². The summed E-state index contributed by atoms with van der Waals surface area (Å²) < 4.78 is 11.0. The van der Waals surface area contributed by atoms with Crippen LogP contribution in [-0.4, -0.2) is 36.9 Å². The normalized spacial score (nSPS) is 22.6. The molecule has 0 atom stereocenters. The zero-order valence-electron chi connectivity index (χ0n) is 12.1. The van der Waals surface area contributed by atoms with Crippen molar-refractivity contribution in [3.05, 3.63) is 11.7 Å². The molecule has 5 nitrogen and oxygen atoms in total. The summed E-state index contributed by atoms with van der Waals surface area (Å²) in [5.41, 5.74) is -0.0795. The number of nitrogens with zero attached hydrogens (tertiary/aromatic N) is 2. The predicted molar refractivity (Wildman–Crippen MR) is 78.4 cm³/mol. The third-order valence-corrected chi connectivity index (χ3v) is 4.60. The lowest BCUT2D eigenvalue weighted by molar-refractivity contribution is 0.0849. The van der Waals surface area contributed by atoms with Gasteiger partial charge in [-0.3, -0.25) is 0 Å². The van der Waals surface area contributed by atoms with Crippen molar-refractivity contribution in [3.63, 3.8) is 0 Å². The maximum atomic E-state index is 5.60. The highest BCUT2D eigenvalue weighted by Gasteiger charge is 2.40. The van der Waals surface area contributed by atoms with Crippen LogP contribution in [0, 0.1) is 0 Å². The van der Waals surface area contributed by atoms with Crippen molar-refractivity contribution in [2.45, 2.75) is 49.9 Å². The van der Waals surface area contributed by atoms with Gasteiger partial charge < -0.3 is 14.6 Å². The van der Waals surface area contributed by atoms with Crippen LogP contribution in [0.4, 0.5) is 0 Å². The van der Waals surface area contributed by atoms with Crippen LogP contribution in [0.2, 0.25) is 0 Å². The van der Waals surface area contributed by atoms with E-state index < -0.39 is 0 Å². The van der Waals surface area contributed by atoms with Crippen molar-refractivity contribution >= 4 is 12.4 Å². The first-order valence-electron chi connectivity index (χ1n) is 7.38. The van der Waals surface area contributed by atoms with E-state index in [9.17, 15) is 0 Å². The van der Waals surface area contributed by atoms with E-state index in [1.54, 1.807) is 7.11 Å². The van der Waals surface area contributed by atoms with Gasteiger partial charge in [-0.05, 0) is 38.8 Å². The Kier molecular flexibility index (Phi) is 5.41. The molecule has 2 heterocycles. The van der Waals surface area contributed by atoms with E-state index in [1.807, 2.05) is 0 Å². The topological polar surface area (TPSA) is 60.2 Å². The smallest absolute Gasteiger partial charge is 0.235 e. The fraction of sp³-hybridized carbons (Fsp3) is 0.857. The third-order valence-electron chi connectivity index (χ3n) is 4.60. The maximum Gasteiger partial charge on any atom is 0.235 e. The van der Waals surface area contributed by atoms with Crippen LogP contribution in [0.1, 0.15) is 56.2 Å². The molecule has 1 saturated carbocycles. The molecule has 1 saturated heterocycles. The number of hydrogen-bond donors (Lipinski definition) is 1. The van der Waals surface area contributed by atoms with Gasteiger partial charge >= 0.3 is 0 Å². The Hall–Kier alpha value is -0.650. The van der Waals surface area contributed by atoms with Gasteiger partial charge in [0.15, 0.2) is 5.82 Å². The van der Waals surface area contributed by atoms with Crippen LogP contribution < -0.4 is 5.32 Å². The highest BCUT2D eigenvalue weighted by atomic mass is 35.5. The quantitative estimate of drug-likeness (QED) is 0.925. The van der Waals surface area contributed by atoms with E-state index in [1.165, 1.54) is 25.7 Å². The molecule has 0 unspecified atom stereocenters. The van der Waals surface area contributed by atoms with Crippen LogP contribution >= 0.6 is 12.4 Å². The number of nitrogens with one attached hydrogen (secondary N) is 1. The molecular weight excluding hydrogens is 278 g/mol. The zero-order valence-corrected chi connectivity index (χ0v) is 12.9. The van der Waals surface area contributed by atoms with E-state index in [0.717, 1.165) is 37.6 Å². The fourth-order valence-corrected chi connectivity index (χ4v) is 3.40. The first-order chi connectivity index (χ1) is 9.34. The number of aromatic nitrogens is 2. The van der Waals surface area contributed by atoms with Crippen molar-refractivity contribution in [1.29, 1.82) is 0 Å². The van der Waals surface area contributed by atoms with E-state index in [2.05, 4.69) is 10.5 Å². The monoisotopic (exact) mass is 301 g/mol. The average molecular weight is 302 g/mol. The predicted octanol–water partition coefficient (Wildman–Crippen LogP) is 2.42. The molecule has 2 fully saturated rings. The third kappa shape index (κ3) is 3.00. The van der Waals surface area contributed by atoms with Gasteiger partial charge in [-0.25, -0.2) is 0 Å². The average Bonchev–Trinajstić information content (AvgIpc) is 3.11. The van der Waals surface area contributed by atoms with Crippen molar-refractivity contribution in [2.75, 3.05) is 26.8 Å². The molecule has 2 aliphatic rings. The van der Waals surface area contributed by atoms with Gasteiger partial charge in [-0.15, -0.1) is 12.4 Å². The second-order valence-electron chi connectivity index (χ2n) is 5.90. The molecule has 0 bridgehead atoms. The summed E-state index contributed by atoms with van der Waals surface area (Å²) >= 11 is 0. The lowest BCUT2D eigenvalue weighted by Crippen LogP contribution is -2.43. The lowest BCUT2D eigenvalue weighted by Gasteiger charge is -2.33.